The van der Waals surface area contributed by atoms with Gasteiger partial charge in [0.1, 0.15) is 11.3 Å². The van der Waals surface area contributed by atoms with Crippen LogP contribution < -0.4 is 25.5 Å². The lowest BCUT2D eigenvalue weighted by molar-refractivity contribution is -0.136. The van der Waals surface area contributed by atoms with Crippen molar-refractivity contribution in [2.24, 2.45) is 5.73 Å². The van der Waals surface area contributed by atoms with Crippen molar-refractivity contribution in [3.8, 4) is 17.2 Å². The first-order chi connectivity index (χ1) is 16.4. The Morgan fingerprint density at radius 2 is 1.94 bits per heavy atom. The monoisotopic (exact) mass is 480 g/mol. The fraction of sp³-hybridized carbons (Fsp3) is 0.200. The third kappa shape index (κ3) is 3.66. The number of fused-ring (bicyclic) bond motifs is 2. The zero-order valence-corrected chi connectivity index (χ0v) is 19.2. The van der Waals surface area contributed by atoms with Gasteiger partial charge in [0.15, 0.2) is 11.5 Å². The summed E-state index contributed by atoms with van der Waals surface area (Å²) in [4.78, 5) is 26.6. The number of rotatable bonds is 4. The maximum absolute atomic E-state index is 13.9. The molecule has 8 nitrogen and oxygen atoms in total. The van der Waals surface area contributed by atoms with Crippen LogP contribution in [0.3, 0.4) is 0 Å². The first-order valence-electron chi connectivity index (χ1n) is 10.5. The fourth-order valence-corrected chi connectivity index (χ4v) is 4.53. The molecule has 0 fully saturated rings. The van der Waals surface area contributed by atoms with Crippen molar-refractivity contribution in [1.29, 1.82) is 0 Å². The highest BCUT2D eigenvalue weighted by atomic mass is 35.5. The highest BCUT2D eigenvalue weighted by molar-refractivity contribution is 6.30. The number of nitrogens with two attached hydrogens (primary N) is 1. The number of carbonyl (C=O) groups is 1. The number of halogens is 1. The Morgan fingerprint density at radius 3 is 2.71 bits per heavy atom. The van der Waals surface area contributed by atoms with E-state index in [0.717, 1.165) is 5.56 Å². The summed E-state index contributed by atoms with van der Waals surface area (Å²) in [7, 11) is 1.25. The van der Waals surface area contributed by atoms with Gasteiger partial charge in [0.05, 0.1) is 25.1 Å². The van der Waals surface area contributed by atoms with Gasteiger partial charge in [0.2, 0.25) is 12.7 Å². The number of hydrogen-bond acceptors (Lipinski definition) is 7. The van der Waals surface area contributed by atoms with Crippen molar-refractivity contribution in [3.63, 3.8) is 0 Å². The minimum absolute atomic E-state index is 0.0489. The van der Waals surface area contributed by atoms with Gasteiger partial charge in [-0.2, -0.15) is 0 Å². The molecule has 9 heteroatoms. The van der Waals surface area contributed by atoms with Crippen LogP contribution in [0.4, 0.5) is 0 Å². The van der Waals surface area contributed by atoms with E-state index in [0.29, 0.717) is 33.5 Å². The maximum Gasteiger partial charge on any atom is 0.340 e. The van der Waals surface area contributed by atoms with Crippen LogP contribution in [-0.2, 0) is 16.1 Å². The van der Waals surface area contributed by atoms with Gasteiger partial charge >= 0.3 is 5.97 Å². The maximum atomic E-state index is 13.9. The minimum Gasteiger partial charge on any atom is -0.465 e. The Hall–Kier alpha value is -3.91. The Labute approximate surface area is 200 Å². The molecule has 1 unspecified atom stereocenters. The van der Waals surface area contributed by atoms with E-state index in [-0.39, 0.29) is 35.9 Å². The number of methoxy groups -OCH3 is 1. The molecule has 2 aliphatic rings. The Morgan fingerprint density at radius 1 is 1.15 bits per heavy atom. The van der Waals surface area contributed by atoms with Crippen LogP contribution in [0.2, 0.25) is 5.02 Å². The second kappa shape index (κ2) is 8.46. The van der Waals surface area contributed by atoms with E-state index in [1.807, 2.05) is 25.1 Å². The van der Waals surface area contributed by atoms with Crippen LogP contribution in [0.15, 0.2) is 64.8 Å². The molecule has 2 aliphatic heterocycles. The molecule has 0 saturated carbocycles. The highest BCUT2D eigenvalue weighted by Gasteiger charge is 2.38. The number of aryl methyl sites for hydroxylation is 1. The molecule has 0 radical (unpaired) electrons. The molecular formula is C25H21ClN2O6. The van der Waals surface area contributed by atoms with Crippen molar-refractivity contribution >= 4 is 17.6 Å². The minimum atomic E-state index is -0.814. The normalized spacial score (nSPS) is 16.1. The zero-order valence-electron chi connectivity index (χ0n) is 18.5. The second-order valence-corrected chi connectivity index (χ2v) is 8.44. The van der Waals surface area contributed by atoms with E-state index < -0.39 is 11.9 Å². The molecule has 34 heavy (non-hydrogen) atoms. The van der Waals surface area contributed by atoms with Crippen LogP contribution in [0, 0.1) is 6.92 Å². The van der Waals surface area contributed by atoms with E-state index in [1.54, 1.807) is 34.9 Å². The zero-order chi connectivity index (χ0) is 24.0. The van der Waals surface area contributed by atoms with Gasteiger partial charge in [-0.3, -0.25) is 4.79 Å². The molecule has 0 bridgehead atoms. The van der Waals surface area contributed by atoms with Crippen LogP contribution in [-0.4, -0.2) is 24.4 Å². The molecule has 0 aliphatic carbocycles. The Bertz CT molecular complexity index is 1410. The van der Waals surface area contributed by atoms with Crippen LogP contribution in [0.5, 0.6) is 17.2 Å². The predicted octanol–water partition coefficient (Wildman–Crippen LogP) is 3.45. The third-order valence-electron chi connectivity index (χ3n) is 5.93. The van der Waals surface area contributed by atoms with Gasteiger partial charge in [-0.05, 0) is 42.3 Å². The lowest BCUT2D eigenvalue weighted by atomic mass is 9.83. The van der Waals surface area contributed by atoms with Crippen molar-refractivity contribution in [3.05, 3.63) is 97.7 Å². The summed E-state index contributed by atoms with van der Waals surface area (Å²) >= 11 is 6.24. The number of pyridine rings is 1. The first kappa shape index (κ1) is 21.9. The summed E-state index contributed by atoms with van der Waals surface area (Å²) in [6.45, 7) is 2.26. The lowest BCUT2D eigenvalue weighted by Crippen LogP contribution is -2.35. The summed E-state index contributed by atoms with van der Waals surface area (Å²) in [6.07, 6.45) is 0. The van der Waals surface area contributed by atoms with Crippen molar-refractivity contribution in [2.75, 3.05) is 13.9 Å². The number of aromatic nitrogens is 1. The van der Waals surface area contributed by atoms with Crippen molar-refractivity contribution < 1.29 is 23.7 Å². The summed E-state index contributed by atoms with van der Waals surface area (Å²) in [5, 5.41) is 0.459. The predicted molar refractivity (Wildman–Crippen MR) is 124 cm³/mol. The number of carbonyl (C=O) groups excluding carboxylic acids is 1. The van der Waals surface area contributed by atoms with Crippen LogP contribution in [0.25, 0.3) is 0 Å². The molecule has 1 atom stereocenters. The van der Waals surface area contributed by atoms with E-state index in [1.165, 1.54) is 7.11 Å². The third-order valence-corrected chi connectivity index (χ3v) is 6.17. The van der Waals surface area contributed by atoms with Crippen LogP contribution in [0.1, 0.15) is 28.3 Å². The molecule has 5 rings (SSSR count). The molecule has 0 amide bonds. The molecule has 174 valence electrons. The quantitative estimate of drug-likeness (QED) is 0.570. The van der Waals surface area contributed by atoms with E-state index >= 15 is 0 Å². The molecule has 2 N–H and O–H groups in total. The topological polar surface area (TPSA) is 102 Å². The molecule has 3 aromatic rings. The van der Waals surface area contributed by atoms with Gasteiger partial charge in [0, 0.05) is 16.8 Å². The van der Waals surface area contributed by atoms with Crippen molar-refractivity contribution in [1.82, 2.24) is 4.57 Å². The highest BCUT2D eigenvalue weighted by Crippen LogP contribution is 2.42. The smallest absolute Gasteiger partial charge is 0.340 e. The van der Waals surface area contributed by atoms with E-state index in [9.17, 15) is 9.59 Å². The van der Waals surface area contributed by atoms with E-state index in [2.05, 4.69) is 0 Å². The molecule has 0 spiro atoms. The van der Waals surface area contributed by atoms with Crippen molar-refractivity contribution in [2.45, 2.75) is 19.4 Å². The lowest BCUT2D eigenvalue weighted by Gasteiger charge is -2.29. The second-order valence-electron chi connectivity index (χ2n) is 8.00. The SMILES string of the molecule is COC(=O)C1=C(N)Oc2cc(C)n(Cc3ccc4c(c3)OCO4)c(=O)c2C1c1cccc(Cl)c1. The number of hydrogen-bond donors (Lipinski definition) is 1. The molecule has 2 aromatic carbocycles. The van der Waals surface area contributed by atoms with Crippen LogP contribution >= 0.6 is 11.6 Å². The fourth-order valence-electron chi connectivity index (χ4n) is 4.33. The van der Waals surface area contributed by atoms with Gasteiger partial charge in [-0.25, -0.2) is 4.79 Å². The van der Waals surface area contributed by atoms with Gasteiger partial charge in [0.25, 0.3) is 5.56 Å². The number of nitrogens with zero attached hydrogens (tertiary/aromatic N) is 1. The largest absolute Gasteiger partial charge is 0.465 e. The van der Waals surface area contributed by atoms with Gasteiger partial charge in [-0.1, -0.05) is 29.8 Å². The Kier molecular flexibility index (Phi) is 5.45. The number of esters is 1. The van der Waals surface area contributed by atoms with E-state index in [4.69, 9.17) is 36.3 Å². The molecule has 0 saturated heterocycles. The summed E-state index contributed by atoms with van der Waals surface area (Å²) in [5.74, 6) is -0.0290. The standard InChI is InChI=1S/C25H21ClN2O6/c1-13-8-19-21(24(29)28(13)11-14-6-7-17-18(9-14)33-12-32-17)20(15-4-3-5-16(26)10-15)22(23(27)34-19)25(30)31-2/h3-10,20H,11-12,27H2,1-2H3. The van der Waals surface area contributed by atoms with Gasteiger partial charge < -0.3 is 29.2 Å². The molecular weight excluding hydrogens is 460 g/mol. The summed E-state index contributed by atoms with van der Waals surface area (Å²) in [6, 6.07) is 14.2. The average Bonchev–Trinajstić information content (AvgIpc) is 3.28. The average molecular weight is 481 g/mol. The first-order valence-corrected chi connectivity index (χ1v) is 10.9. The van der Waals surface area contributed by atoms with Gasteiger partial charge in [-0.15, -0.1) is 0 Å². The summed E-state index contributed by atoms with van der Waals surface area (Å²) in [5.41, 5.74) is 8.30. The molecule has 3 heterocycles. The summed E-state index contributed by atoms with van der Waals surface area (Å²) < 4.78 is 23.2. The molecule has 1 aromatic heterocycles. The number of ether oxygens (including phenoxy) is 4. The number of benzene rings is 2. The Balaban J connectivity index is 1.67.